The van der Waals surface area contributed by atoms with Crippen LogP contribution in [0.5, 0.6) is 0 Å². The lowest BCUT2D eigenvalue weighted by Crippen LogP contribution is -2.41. The third kappa shape index (κ3) is 2.01. The first-order valence-corrected chi connectivity index (χ1v) is 6.70. The van der Waals surface area contributed by atoms with Gasteiger partial charge in [0, 0.05) is 11.6 Å². The molecule has 0 N–H and O–H groups in total. The van der Waals surface area contributed by atoms with Gasteiger partial charge in [-0.05, 0) is 57.4 Å². The molecule has 1 fully saturated rings. The Balaban J connectivity index is 2.04. The van der Waals surface area contributed by atoms with Crippen molar-refractivity contribution in [2.75, 3.05) is 0 Å². The smallest absolute Gasteiger partial charge is 0.399 e. The molecule has 1 saturated heterocycles. The highest BCUT2D eigenvalue weighted by Crippen LogP contribution is 2.36. The monoisotopic (exact) mass is 273 g/mol. The van der Waals surface area contributed by atoms with Crippen LogP contribution in [-0.4, -0.2) is 23.3 Å². The zero-order valence-electron chi connectivity index (χ0n) is 12.1. The van der Waals surface area contributed by atoms with Gasteiger partial charge >= 0.3 is 7.12 Å². The van der Waals surface area contributed by atoms with Gasteiger partial charge < -0.3 is 9.31 Å². The molecule has 2 heterocycles. The molecule has 1 aromatic heterocycles. The maximum absolute atomic E-state index is 14.1. The molecule has 1 aliphatic heterocycles. The van der Waals surface area contributed by atoms with Crippen molar-refractivity contribution < 1.29 is 13.7 Å². The molecular weight excluding hydrogens is 256 g/mol. The quantitative estimate of drug-likeness (QED) is 0.748. The highest BCUT2D eigenvalue weighted by atomic mass is 19.1. The maximum atomic E-state index is 14.1. The third-order valence-corrected chi connectivity index (χ3v) is 4.22. The fraction of sp³-hybridized carbons (Fsp3) is 0.400. The summed E-state index contributed by atoms with van der Waals surface area (Å²) in [5.74, 6) is -0.305. The third-order valence-electron chi connectivity index (χ3n) is 4.22. The average molecular weight is 273 g/mol. The molecule has 0 aliphatic carbocycles. The molecule has 0 unspecified atom stereocenters. The number of benzene rings is 1. The summed E-state index contributed by atoms with van der Waals surface area (Å²) in [6.45, 7) is 7.90. The van der Waals surface area contributed by atoms with Gasteiger partial charge in [0.25, 0.3) is 0 Å². The van der Waals surface area contributed by atoms with Gasteiger partial charge in [0.05, 0.1) is 16.7 Å². The fourth-order valence-electron chi connectivity index (χ4n) is 2.27. The SMILES string of the molecule is CC1(C)OB(c2cc(F)c3cccnc3c2)OC1(C)C. The summed E-state index contributed by atoms with van der Waals surface area (Å²) in [4.78, 5) is 4.20. The minimum atomic E-state index is -0.569. The lowest BCUT2D eigenvalue weighted by molar-refractivity contribution is 0.00578. The second-order valence-corrected chi connectivity index (χ2v) is 6.16. The molecule has 0 spiro atoms. The summed E-state index contributed by atoms with van der Waals surface area (Å²) in [6.07, 6.45) is 1.65. The number of hydrogen-bond acceptors (Lipinski definition) is 3. The summed E-state index contributed by atoms with van der Waals surface area (Å²) in [6, 6.07) is 6.72. The largest absolute Gasteiger partial charge is 0.495 e. The lowest BCUT2D eigenvalue weighted by Gasteiger charge is -2.32. The summed E-state index contributed by atoms with van der Waals surface area (Å²) in [7, 11) is -0.569. The maximum Gasteiger partial charge on any atom is 0.495 e. The van der Waals surface area contributed by atoms with Crippen LogP contribution < -0.4 is 5.46 Å². The Kier molecular flexibility index (Phi) is 2.89. The van der Waals surface area contributed by atoms with Crippen LogP contribution in [-0.2, 0) is 9.31 Å². The van der Waals surface area contributed by atoms with E-state index in [1.165, 1.54) is 6.07 Å². The first-order chi connectivity index (χ1) is 9.30. The van der Waals surface area contributed by atoms with Crippen LogP contribution in [0.25, 0.3) is 10.9 Å². The summed E-state index contributed by atoms with van der Waals surface area (Å²) in [5, 5.41) is 0.507. The van der Waals surface area contributed by atoms with E-state index in [1.54, 1.807) is 18.3 Å². The molecule has 3 nitrogen and oxygen atoms in total. The molecule has 0 amide bonds. The van der Waals surface area contributed by atoms with E-state index in [1.807, 2.05) is 33.8 Å². The van der Waals surface area contributed by atoms with Crippen LogP contribution in [0.15, 0.2) is 30.5 Å². The number of rotatable bonds is 1. The molecule has 0 atom stereocenters. The molecule has 2 aromatic rings. The van der Waals surface area contributed by atoms with Crippen molar-refractivity contribution in [2.24, 2.45) is 0 Å². The Hall–Kier alpha value is -1.46. The topological polar surface area (TPSA) is 31.4 Å². The number of halogens is 1. The minimum Gasteiger partial charge on any atom is -0.399 e. The van der Waals surface area contributed by atoms with Crippen LogP contribution in [0.3, 0.4) is 0 Å². The predicted octanol–water partition coefficient (Wildman–Crippen LogP) is 2.67. The number of hydrogen-bond donors (Lipinski definition) is 0. The molecule has 0 radical (unpaired) electrons. The predicted molar refractivity (Wildman–Crippen MR) is 77.4 cm³/mol. The van der Waals surface area contributed by atoms with E-state index >= 15 is 0 Å². The lowest BCUT2D eigenvalue weighted by atomic mass is 9.78. The fourth-order valence-corrected chi connectivity index (χ4v) is 2.27. The molecule has 1 aliphatic rings. The van der Waals surface area contributed by atoms with E-state index < -0.39 is 18.3 Å². The molecule has 0 bridgehead atoms. The van der Waals surface area contributed by atoms with Gasteiger partial charge in [-0.1, -0.05) is 0 Å². The summed E-state index contributed by atoms with van der Waals surface area (Å²) < 4.78 is 26.0. The van der Waals surface area contributed by atoms with Gasteiger partial charge in [0.1, 0.15) is 5.82 Å². The highest BCUT2D eigenvalue weighted by molar-refractivity contribution is 6.62. The van der Waals surface area contributed by atoms with Crippen molar-refractivity contribution in [2.45, 2.75) is 38.9 Å². The molecule has 5 heteroatoms. The molecule has 104 valence electrons. The standard InChI is InChI=1S/C15H17BFNO2/c1-14(2)15(3,4)20-16(19-14)10-8-12(17)11-6-5-7-18-13(11)9-10/h5-9H,1-4H3. The van der Waals surface area contributed by atoms with Crippen molar-refractivity contribution in [1.82, 2.24) is 4.98 Å². The van der Waals surface area contributed by atoms with Crippen molar-refractivity contribution in [1.29, 1.82) is 0 Å². The van der Waals surface area contributed by atoms with E-state index in [2.05, 4.69) is 4.98 Å². The molecular formula is C15H17BFNO2. The van der Waals surface area contributed by atoms with Crippen molar-refractivity contribution in [3.63, 3.8) is 0 Å². The van der Waals surface area contributed by atoms with Crippen molar-refractivity contribution in [3.8, 4) is 0 Å². The number of fused-ring (bicyclic) bond motifs is 1. The van der Waals surface area contributed by atoms with Crippen LogP contribution in [0.2, 0.25) is 0 Å². The first-order valence-electron chi connectivity index (χ1n) is 6.70. The van der Waals surface area contributed by atoms with E-state index in [0.717, 1.165) is 0 Å². The van der Waals surface area contributed by atoms with E-state index in [0.29, 0.717) is 16.4 Å². The van der Waals surface area contributed by atoms with E-state index in [4.69, 9.17) is 9.31 Å². The Morgan fingerprint density at radius 3 is 2.40 bits per heavy atom. The zero-order chi connectivity index (χ0) is 14.5. The number of nitrogens with zero attached hydrogens (tertiary/aromatic N) is 1. The molecule has 1 aromatic carbocycles. The molecule has 20 heavy (non-hydrogen) atoms. The zero-order valence-corrected chi connectivity index (χ0v) is 12.1. The molecule has 0 saturated carbocycles. The van der Waals surface area contributed by atoms with Crippen LogP contribution in [0, 0.1) is 5.82 Å². The van der Waals surface area contributed by atoms with Crippen LogP contribution >= 0.6 is 0 Å². The van der Waals surface area contributed by atoms with Gasteiger partial charge in [-0.15, -0.1) is 0 Å². The minimum absolute atomic E-state index is 0.305. The summed E-state index contributed by atoms with van der Waals surface area (Å²) >= 11 is 0. The van der Waals surface area contributed by atoms with Crippen LogP contribution in [0.4, 0.5) is 4.39 Å². The van der Waals surface area contributed by atoms with Crippen molar-refractivity contribution >= 4 is 23.5 Å². The number of pyridine rings is 1. The average Bonchev–Trinajstić information content (AvgIpc) is 2.58. The Bertz CT molecular complexity index is 656. The first kappa shape index (κ1) is 13.5. The Morgan fingerprint density at radius 2 is 1.75 bits per heavy atom. The van der Waals surface area contributed by atoms with E-state index in [-0.39, 0.29) is 5.82 Å². The second-order valence-electron chi connectivity index (χ2n) is 6.16. The Morgan fingerprint density at radius 1 is 1.10 bits per heavy atom. The Labute approximate surface area is 118 Å². The van der Waals surface area contributed by atoms with E-state index in [9.17, 15) is 4.39 Å². The molecule has 3 rings (SSSR count). The van der Waals surface area contributed by atoms with Crippen LogP contribution in [0.1, 0.15) is 27.7 Å². The normalized spacial score (nSPS) is 20.6. The van der Waals surface area contributed by atoms with Gasteiger partial charge in [-0.25, -0.2) is 4.39 Å². The second kappa shape index (κ2) is 4.27. The van der Waals surface area contributed by atoms with Gasteiger partial charge in [-0.2, -0.15) is 0 Å². The van der Waals surface area contributed by atoms with Crippen molar-refractivity contribution in [3.05, 3.63) is 36.3 Å². The van der Waals surface area contributed by atoms with Gasteiger partial charge in [0.2, 0.25) is 0 Å². The van der Waals surface area contributed by atoms with Gasteiger partial charge in [0.15, 0.2) is 0 Å². The van der Waals surface area contributed by atoms with Gasteiger partial charge in [-0.3, -0.25) is 4.98 Å². The summed E-state index contributed by atoms with van der Waals surface area (Å²) in [5.41, 5.74) is 0.394. The number of aromatic nitrogens is 1. The highest BCUT2D eigenvalue weighted by Gasteiger charge is 2.51.